The second kappa shape index (κ2) is 10.5. The maximum atomic E-state index is 12.6. The van der Waals surface area contributed by atoms with Gasteiger partial charge in [-0.2, -0.15) is 0 Å². The molecule has 8 heteroatoms. The predicted molar refractivity (Wildman–Crippen MR) is 128 cm³/mol. The van der Waals surface area contributed by atoms with Gasteiger partial charge in [0, 0.05) is 48.7 Å². The van der Waals surface area contributed by atoms with Gasteiger partial charge in [0.15, 0.2) is 0 Å². The number of carbonyl (C=O) groups is 2. The summed E-state index contributed by atoms with van der Waals surface area (Å²) in [5, 5.41) is 7.48. The van der Waals surface area contributed by atoms with Crippen LogP contribution in [0.25, 0.3) is 10.4 Å². The van der Waals surface area contributed by atoms with Crippen LogP contribution >= 0.6 is 11.3 Å². The molecule has 0 aliphatic rings. The average molecular weight is 459 g/mol. The first-order chi connectivity index (χ1) is 16.1. The molecule has 0 saturated heterocycles. The first-order valence-corrected chi connectivity index (χ1v) is 11.2. The predicted octanol–water partition coefficient (Wildman–Crippen LogP) is 4.33. The molecule has 4 aromatic rings. The molecular weight excluding hydrogens is 436 g/mol. The first-order valence-electron chi connectivity index (χ1n) is 10.3. The molecule has 0 saturated carbocycles. The van der Waals surface area contributed by atoms with Crippen LogP contribution in [0.3, 0.4) is 0 Å². The topological polar surface area (TPSA) is 93.2 Å². The number of benzene rings is 1. The standard InChI is InChI=1S/C25H22N4O3S/c1-26-25(31)22-14-21(8-10-28-22)32-20-5-2-4-17(12-20)7-9-29-24(30)19-13-18(15-27-16-19)23-6-3-11-33-23/h2-6,8,10-16H,7,9H2,1H3,(H,26,31)(H,29,30). The minimum Gasteiger partial charge on any atom is -0.457 e. The van der Waals surface area contributed by atoms with Gasteiger partial charge in [0.2, 0.25) is 0 Å². The molecule has 0 unspecified atom stereocenters. The molecule has 0 aliphatic carbocycles. The lowest BCUT2D eigenvalue weighted by molar-refractivity contribution is 0.0947. The molecule has 1 aromatic carbocycles. The van der Waals surface area contributed by atoms with Crippen molar-refractivity contribution in [3.05, 3.63) is 95.4 Å². The second-order valence-electron chi connectivity index (χ2n) is 7.15. The summed E-state index contributed by atoms with van der Waals surface area (Å²) in [6, 6.07) is 16.7. The van der Waals surface area contributed by atoms with E-state index in [4.69, 9.17) is 4.74 Å². The zero-order chi connectivity index (χ0) is 23.0. The summed E-state index contributed by atoms with van der Waals surface area (Å²) in [7, 11) is 1.55. The van der Waals surface area contributed by atoms with Crippen LogP contribution in [0.4, 0.5) is 0 Å². The van der Waals surface area contributed by atoms with Crippen molar-refractivity contribution in [1.29, 1.82) is 0 Å². The molecule has 0 fully saturated rings. The van der Waals surface area contributed by atoms with Crippen molar-refractivity contribution in [1.82, 2.24) is 20.6 Å². The minimum absolute atomic E-state index is 0.160. The average Bonchev–Trinajstić information content (AvgIpc) is 3.39. The van der Waals surface area contributed by atoms with Crippen molar-refractivity contribution in [2.75, 3.05) is 13.6 Å². The van der Waals surface area contributed by atoms with Crippen LogP contribution in [0, 0.1) is 0 Å². The van der Waals surface area contributed by atoms with E-state index in [1.807, 2.05) is 47.8 Å². The lowest BCUT2D eigenvalue weighted by Crippen LogP contribution is -2.25. The highest BCUT2D eigenvalue weighted by atomic mass is 32.1. The maximum absolute atomic E-state index is 12.6. The lowest BCUT2D eigenvalue weighted by Gasteiger charge is -2.09. The Balaban J connectivity index is 1.34. The van der Waals surface area contributed by atoms with Crippen LogP contribution in [0.15, 0.2) is 78.6 Å². The van der Waals surface area contributed by atoms with E-state index in [0.717, 1.165) is 16.0 Å². The summed E-state index contributed by atoms with van der Waals surface area (Å²) < 4.78 is 5.89. The van der Waals surface area contributed by atoms with Crippen molar-refractivity contribution < 1.29 is 14.3 Å². The molecule has 0 radical (unpaired) electrons. The van der Waals surface area contributed by atoms with Gasteiger partial charge in [0.1, 0.15) is 17.2 Å². The van der Waals surface area contributed by atoms with Gasteiger partial charge in [-0.3, -0.25) is 19.6 Å². The minimum atomic E-state index is -0.277. The van der Waals surface area contributed by atoms with Crippen LogP contribution in [0.5, 0.6) is 11.5 Å². The number of rotatable bonds is 8. The summed E-state index contributed by atoms with van der Waals surface area (Å²) >= 11 is 1.61. The highest BCUT2D eigenvalue weighted by Gasteiger charge is 2.09. The fraction of sp³-hybridized carbons (Fsp3) is 0.120. The molecule has 7 nitrogen and oxygen atoms in total. The van der Waals surface area contributed by atoms with E-state index in [2.05, 4.69) is 20.6 Å². The zero-order valence-corrected chi connectivity index (χ0v) is 18.8. The fourth-order valence-corrected chi connectivity index (χ4v) is 3.90. The third-order valence-corrected chi connectivity index (χ3v) is 5.75. The van der Waals surface area contributed by atoms with Gasteiger partial charge in [-0.25, -0.2) is 0 Å². The molecule has 0 spiro atoms. The molecule has 0 bridgehead atoms. The van der Waals surface area contributed by atoms with Crippen LogP contribution in [0.2, 0.25) is 0 Å². The molecule has 0 aliphatic heterocycles. The van der Waals surface area contributed by atoms with Gasteiger partial charge in [-0.15, -0.1) is 11.3 Å². The Kier molecular flexibility index (Phi) is 7.06. The Bertz CT molecular complexity index is 1260. The number of carbonyl (C=O) groups excluding carboxylic acids is 2. The number of nitrogens with one attached hydrogen (secondary N) is 2. The van der Waals surface area contributed by atoms with Gasteiger partial charge in [-0.05, 0) is 47.7 Å². The van der Waals surface area contributed by atoms with Crippen LogP contribution < -0.4 is 15.4 Å². The largest absolute Gasteiger partial charge is 0.457 e. The SMILES string of the molecule is CNC(=O)c1cc(Oc2cccc(CCNC(=O)c3cncc(-c4cccs4)c3)c2)ccn1. The summed E-state index contributed by atoms with van der Waals surface area (Å²) in [6.07, 6.45) is 5.50. The summed E-state index contributed by atoms with van der Waals surface area (Å²) in [6.45, 7) is 0.474. The molecule has 3 heterocycles. The molecule has 2 amide bonds. The Morgan fingerprint density at radius 3 is 2.70 bits per heavy atom. The number of aromatic nitrogens is 2. The summed E-state index contributed by atoms with van der Waals surface area (Å²) in [5.41, 5.74) is 2.76. The van der Waals surface area contributed by atoms with Crippen molar-refractivity contribution in [2.24, 2.45) is 0 Å². The Morgan fingerprint density at radius 1 is 1.00 bits per heavy atom. The highest BCUT2D eigenvalue weighted by molar-refractivity contribution is 7.13. The van der Waals surface area contributed by atoms with Gasteiger partial charge < -0.3 is 15.4 Å². The third-order valence-electron chi connectivity index (χ3n) is 4.83. The van der Waals surface area contributed by atoms with Gasteiger partial charge >= 0.3 is 0 Å². The van der Waals surface area contributed by atoms with Gasteiger partial charge in [0.05, 0.1) is 5.56 Å². The molecule has 33 heavy (non-hydrogen) atoms. The van der Waals surface area contributed by atoms with E-state index in [1.165, 1.54) is 6.20 Å². The number of ether oxygens (including phenoxy) is 1. The van der Waals surface area contributed by atoms with E-state index in [-0.39, 0.29) is 17.5 Å². The smallest absolute Gasteiger partial charge is 0.269 e. The molecule has 166 valence electrons. The van der Waals surface area contributed by atoms with E-state index in [9.17, 15) is 9.59 Å². The van der Waals surface area contributed by atoms with Gasteiger partial charge in [-0.1, -0.05) is 18.2 Å². The highest BCUT2D eigenvalue weighted by Crippen LogP contribution is 2.25. The van der Waals surface area contributed by atoms with Crippen LogP contribution in [-0.4, -0.2) is 35.4 Å². The fourth-order valence-electron chi connectivity index (χ4n) is 3.19. The zero-order valence-electron chi connectivity index (χ0n) is 17.9. The number of thiophene rings is 1. The Labute approximate surface area is 195 Å². The summed E-state index contributed by atoms with van der Waals surface area (Å²) in [5.74, 6) is 0.723. The molecule has 4 rings (SSSR count). The molecule has 2 N–H and O–H groups in total. The van der Waals surface area contributed by atoms with Crippen LogP contribution in [0.1, 0.15) is 26.4 Å². The number of hydrogen-bond acceptors (Lipinski definition) is 6. The van der Waals surface area contributed by atoms with Crippen molar-refractivity contribution in [2.45, 2.75) is 6.42 Å². The first kappa shape index (κ1) is 22.2. The van der Waals surface area contributed by atoms with Gasteiger partial charge in [0.25, 0.3) is 11.8 Å². The maximum Gasteiger partial charge on any atom is 0.269 e. The molecule has 0 atom stereocenters. The monoisotopic (exact) mass is 458 g/mol. The normalized spacial score (nSPS) is 10.5. The molecule has 3 aromatic heterocycles. The number of hydrogen-bond donors (Lipinski definition) is 2. The summed E-state index contributed by atoms with van der Waals surface area (Å²) in [4.78, 5) is 33.6. The van der Waals surface area contributed by atoms with Crippen molar-refractivity contribution in [3.63, 3.8) is 0 Å². The lowest BCUT2D eigenvalue weighted by atomic mass is 10.1. The number of nitrogens with zero attached hydrogens (tertiary/aromatic N) is 2. The van der Waals surface area contributed by atoms with E-state index < -0.39 is 0 Å². The third kappa shape index (κ3) is 5.81. The quantitative estimate of drug-likeness (QED) is 0.410. The number of amides is 2. The van der Waals surface area contributed by atoms with Crippen molar-refractivity contribution >= 4 is 23.2 Å². The van der Waals surface area contributed by atoms with E-state index in [0.29, 0.717) is 30.0 Å². The number of pyridine rings is 2. The second-order valence-corrected chi connectivity index (χ2v) is 8.10. The van der Waals surface area contributed by atoms with Crippen LogP contribution in [-0.2, 0) is 6.42 Å². The van der Waals surface area contributed by atoms with E-state index in [1.54, 1.807) is 42.9 Å². The molecular formula is C25H22N4O3S. The Hall–Kier alpha value is -4.04. The Morgan fingerprint density at radius 2 is 1.88 bits per heavy atom. The van der Waals surface area contributed by atoms with Crippen molar-refractivity contribution in [3.8, 4) is 21.9 Å². The van der Waals surface area contributed by atoms with E-state index >= 15 is 0 Å².